The number of nitrogens with zero attached hydrogens (tertiary/aromatic N) is 4. The van der Waals surface area contributed by atoms with Crippen LogP contribution in [0.2, 0.25) is 0 Å². The van der Waals surface area contributed by atoms with E-state index in [1.165, 1.54) is 6.07 Å². The molecule has 1 aliphatic rings. The van der Waals surface area contributed by atoms with Crippen molar-refractivity contribution in [2.24, 2.45) is 0 Å². The van der Waals surface area contributed by atoms with Crippen molar-refractivity contribution in [3.05, 3.63) is 28.4 Å². The summed E-state index contributed by atoms with van der Waals surface area (Å²) in [5.74, 6) is 0.487. The SMILES string of the molecule is CC(C)(C)N1CCN(c2ncccc2[N+](=O)[O-])CC1. The lowest BCUT2D eigenvalue weighted by molar-refractivity contribution is -0.384. The molecular formula is C13H20N4O2. The van der Waals surface area contributed by atoms with Crippen LogP contribution in [0.25, 0.3) is 0 Å². The van der Waals surface area contributed by atoms with Gasteiger partial charge in [0.25, 0.3) is 0 Å². The highest BCUT2D eigenvalue weighted by atomic mass is 16.6. The molecule has 104 valence electrons. The number of pyridine rings is 1. The Labute approximate surface area is 113 Å². The smallest absolute Gasteiger partial charge is 0.311 e. The van der Waals surface area contributed by atoms with Gasteiger partial charge in [-0.2, -0.15) is 0 Å². The first kappa shape index (κ1) is 13.7. The first-order valence-corrected chi connectivity index (χ1v) is 6.49. The molecule has 6 nitrogen and oxygen atoms in total. The summed E-state index contributed by atoms with van der Waals surface area (Å²) in [7, 11) is 0. The molecule has 1 saturated heterocycles. The summed E-state index contributed by atoms with van der Waals surface area (Å²) < 4.78 is 0. The van der Waals surface area contributed by atoms with Gasteiger partial charge in [-0.15, -0.1) is 0 Å². The van der Waals surface area contributed by atoms with E-state index in [0.29, 0.717) is 5.82 Å². The summed E-state index contributed by atoms with van der Waals surface area (Å²) >= 11 is 0. The van der Waals surface area contributed by atoms with Crippen LogP contribution in [0.5, 0.6) is 0 Å². The third-order valence-corrected chi connectivity index (χ3v) is 3.49. The molecule has 0 radical (unpaired) electrons. The van der Waals surface area contributed by atoms with E-state index in [1.807, 2.05) is 4.90 Å². The third-order valence-electron chi connectivity index (χ3n) is 3.49. The Morgan fingerprint density at radius 2 is 1.89 bits per heavy atom. The van der Waals surface area contributed by atoms with Crippen LogP contribution in [0.15, 0.2) is 18.3 Å². The number of rotatable bonds is 2. The highest BCUT2D eigenvalue weighted by molar-refractivity contribution is 5.57. The lowest BCUT2D eigenvalue weighted by Crippen LogP contribution is -2.53. The zero-order valence-corrected chi connectivity index (χ0v) is 11.7. The van der Waals surface area contributed by atoms with Crippen LogP contribution in [0.4, 0.5) is 11.5 Å². The number of hydrogen-bond acceptors (Lipinski definition) is 5. The van der Waals surface area contributed by atoms with Crippen LogP contribution >= 0.6 is 0 Å². The summed E-state index contributed by atoms with van der Waals surface area (Å²) in [6, 6.07) is 3.12. The topological polar surface area (TPSA) is 62.5 Å². The standard InChI is InChI=1S/C13H20N4O2/c1-13(2,3)16-9-7-15(8-10-16)12-11(17(18)19)5-4-6-14-12/h4-6H,7-10H2,1-3H3. The number of hydrogen-bond donors (Lipinski definition) is 0. The molecule has 0 amide bonds. The van der Waals surface area contributed by atoms with Crippen LogP contribution in [-0.4, -0.2) is 46.5 Å². The van der Waals surface area contributed by atoms with E-state index in [0.717, 1.165) is 26.2 Å². The van der Waals surface area contributed by atoms with E-state index in [1.54, 1.807) is 12.3 Å². The van der Waals surface area contributed by atoms with E-state index in [-0.39, 0.29) is 16.1 Å². The van der Waals surface area contributed by atoms with Crippen LogP contribution in [-0.2, 0) is 0 Å². The first-order valence-electron chi connectivity index (χ1n) is 6.49. The lowest BCUT2D eigenvalue weighted by Gasteiger charge is -2.42. The van der Waals surface area contributed by atoms with E-state index >= 15 is 0 Å². The molecule has 0 N–H and O–H groups in total. The van der Waals surface area contributed by atoms with Crippen molar-refractivity contribution >= 4 is 11.5 Å². The number of aromatic nitrogens is 1. The Hall–Kier alpha value is -1.69. The van der Waals surface area contributed by atoms with Crippen molar-refractivity contribution < 1.29 is 4.92 Å². The second kappa shape index (κ2) is 5.13. The normalized spacial score (nSPS) is 17.5. The van der Waals surface area contributed by atoms with Gasteiger partial charge in [0.1, 0.15) is 0 Å². The number of piperazine rings is 1. The highest BCUT2D eigenvalue weighted by Gasteiger charge is 2.29. The van der Waals surface area contributed by atoms with Crippen LogP contribution in [0, 0.1) is 10.1 Å². The Bertz CT molecular complexity index is 462. The van der Waals surface area contributed by atoms with Crippen molar-refractivity contribution in [2.75, 3.05) is 31.1 Å². The van der Waals surface area contributed by atoms with Crippen molar-refractivity contribution in [1.29, 1.82) is 0 Å². The first-order chi connectivity index (χ1) is 8.89. The quantitative estimate of drug-likeness (QED) is 0.603. The molecule has 1 aromatic heterocycles. The average Bonchev–Trinajstić information content (AvgIpc) is 2.38. The Balaban J connectivity index is 2.12. The molecule has 0 aliphatic carbocycles. The zero-order valence-electron chi connectivity index (χ0n) is 11.7. The van der Waals surface area contributed by atoms with Crippen molar-refractivity contribution in [1.82, 2.24) is 9.88 Å². The van der Waals surface area contributed by atoms with Gasteiger partial charge in [-0.3, -0.25) is 15.0 Å². The summed E-state index contributed by atoms with van der Waals surface area (Å²) in [6.07, 6.45) is 1.61. The van der Waals surface area contributed by atoms with Crippen LogP contribution < -0.4 is 4.90 Å². The maximum absolute atomic E-state index is 11.0. The average molecular weight is 264 g/mol. The minimum Gasteiger partial charge on any atom is -0.348 e. The molecule has 1 fully saturated rings. The molecule has 2 rings (SSSR count). The molecule has 2 heterocycles. The van der Waals surface area contributed by atoms with E-state index in [4.69, 9.17) is 0 Å². The van der Waals surface area contributed by atoms with Crippen LogP contribution in [0.1, 0.15) is 20.8 Å². The van der Waals surface area contributed by atoms with Gasteiger partial charge in [0.05, 0.1) is 4.92 Å². The van der Waals surface area contributed by atoms with Gasteiger partial charge < -0.3 is 4.90 Å². The summed E-state index contributed by atoms with van der Waals surface area (Å²) in [5.41, 5.74) is 0.231. The minimum atomic E-state index is -0.363. The van der Waals surface area contributed by atoms with E-state index < -0.39 is 0 Å². The lowest BCUT2D eigenvalue weighted by atomic mass is 10.0. The molecule has 19 heavy (non-hydrogen) atoms. The Kier molecular flexibility index (Phi) is 3.71. The fourth-order valence-electron chi connectivity index (χ4n) is 2.36. The second-order valence-corrected chi connectivity index (χ2v) is 5.75. The molecular weight excluding hydrogens is 244 g/mol. The summed E-state index contributed by atoms with van der Waals surface area (Å²) in [6.45, 7) is 9.91. The Morgan fingerprint density at radius 1 is 1.26 bits per heavy atom. The molecule has 0 atom stereocenters. The van der Waals surface area contributed by atoms with Crippen LogP contribution in [0.3, 0.4) is 0 Å². The van der Waals surface area contributed by atoms with Gasteiger partial charge in [-0.1, -0.05) is 0 Å². The summed E-state index contributed by atoms with van der Waals surface area (Å²) in [4.78, 5) is 19.2. The fourth-order valence-corrected chi connectivity index (χ4v) is 2.36. The van der Waals surface area contributed by atoms with Gasteiger partial charge in [-0.05, 0) is 26.8 Å². The maximum Gasteiger partial charge on any atom is 0.311 e. The second-order valence-electron chi connectivity index (χ2n) is 5.75. The van der Waals surface area contributed by atoms with Crippen molar-refractivity contribution in [3.63, 3.8) is 0 Å². The zero-order chi connectivity index (χ0) is 14.0. The molecule has 1 aliphatic heterocycles. The molecule has 6 heteroatoms. The molecule has 0 bridgehead atoms. The van der Waals surface area contributed by atoms with Gasteiger partial charge in [0.15, 0.2) is 0 Å². The number of nitro groups is 1. The van der Waals surface area contributed by atoms with Gasteiger partial charge >= 0.3 is 5.69 Å². The minimum absolute atomic E-state index is 0.0895. The number of anilines is 1. The van der Waals surface area contributed by atoms with Crippen molar-refractivity contribution in [2.45, 2.75) is 26.3 Å². The fraction of sp³-hybridized carbons (Fsp3) is 0.615. The van der Waals surface area contributed by atoms with Gasteiger partial charge in [0, 0.05) is 44.0 Å². The molecule has 1 aromatic rings. The van der Waals surface area contributed by atoms with Crippen molar-refractivity contribution in [3.8, 4) is 0 Å². The predicted octanol–water partition coefficient (Wildman–Crippen LogP) is 1.91. The molecule has 0 aromatic carbocycles. The molecule has 0 unspecified atom stereocenters. The highest BCUT2D eigenvalue weighted by Crippen LogP contribution is 2.26. The Morgan fingerprint density at radius 3 is 2.42 bits per heavy atom. The van der Waals surface area contributed by atoms with E-state index in [2.05, 4.69) is 30.7 Å². The van der Waals surface area contributed by atoms with E-state index in [9.17, 15) is 10.1 Å². The summed E-state index contributed by atoms with van der Waals surface area (Å²) in [5, 5.41) is 11.0. The third kappa shape index (κ3) is 3.01. The largest absolute Gasteiger partial charge is 0.348 e. The molecule has 0 saturated carbocycles. The van der Waals surface area contributed by atoms with Gasteiger partial charge in [0.2, 0.25) is 5.82 Å². The predicted molar refractivity (Wildman–Crippen MR) is 74.4 cm³/mol. The monoisotopic (exact) mass is 264 g/mol. The maximum atomic E-state index is 11.0. The molecule has 0 spiro atoms. The van der Waals surface area contributed by atoms with Gasteiger partial charge in [-0.25, -0.2) is 4.98 Å².